The van der Waals surface area contributed by atoms with E-state index >= 15 is 0 Å². The van der Waals surface area contributed by atoms with Crippen molar-refractivity contribution in [3.8, 4) is 0 Å². The predicted molar refractivity (Wildman–Crippen MR) is 105 cm³/mol. The molecular formula is C23H25N2O+. The van der Waals surface area contributed by atoms with Crippen molar-refractivity contribution in [3.05, 3.63) is 95.8 Å². The van der Waals surface area contributed by atoms with Crippen LogP contribution in [0.1, 0.15) is 30.0 Å². The monoisotopic (exact) mass is 345 g/mol. The molecule has 3 nitrogen and oxygen atoms in total. The molecule has 0 aliphatic rings. The third-order valence-corrected chi connectivity index (χ3v) is 4.35. The van der Waals surface area contributed by atoms with Crippen molar-refractivity contribution in [1.82, 2.24) is 0 Å². The number of carbonyl (C=O) groups excluding carboxylic acids is 1. The summed E-state index contributed by atoms with van der Waals surface area (Å²) in [5.74, 6) is -0.0150. The van der Waals surface area contributed by atoms with E-state index in [1.807, 2.05) is 53.4 Å². The Morgan fingerprint density at radius 1 is 0.885 bits per heavy atom. The molecule has 0 unspecified atom stereocenters. The van der Waals surface area contributed by atoms with Gasteiger partial charge in [-0.1, -0.05) is 61.9 Å². The van der Waals surface area contributed by atoms with Gasteiger partial charge in [-0.2, -0.15) is 4.57 Å². The maximum absolute atomic E-state index is 12.5. The van der Waals surface area contributed by atoms with Gasteiger partial charge >= 0.3 is 0 Å². The van der Waals surface area contributed by atoms with Crippen molar-refractivity contribution in [2.45, 2.75) is 32.7 Å². The van der Waals surface area contributed by atoms with E-state index in [0.29, 0.717) is 6.54 Å². The Hall–Kier alpha value is -2.94. The lowest BCUT2D eigenvalue weighted by molar-refractivity contribution is -0.684. The molecule has 0 aliphatic heterocycles. The SMILES string of the molecule is CCCc1cc[n+](CC(=O)Nc2ccccc2Cc2ccccc2)cc1. The van der Waals surface area contributed by atoms with Gasteiger partial charge in [-0.05, 0) is 35.6 Å². The molecule has 0 atom stereocenters. The summed E-state index contributed by atoms with van der Waals surface area (Å²) >= 11 is 0. The Balaban J connectivity index is 1.65. The van der Waals surface area contributed by atoms with Gasteiger partial charge in [0.05, 0.1) is 0 Å². The highest BCUT2D eigenvalue weighted by Gasteiger charge is 2.12. The van der Waals surface area contributed by atoms with E-state index in [9.17, 15) is 4.79 Å². The molecule has 3 rings (SSSR count). The van der Waals surface area contributed by atoms with Crippen LogP contribution in [0.5, 0.6) is 0 Å². The largest absolute Gasteiger partial charge is 0.320 e. The molecule has 1 aromatic heterocycles. The van der Waals surface area contributed by atoms with E-state index in [-0.39, 0.29) is 5.91 Å². The molecule has 0 bridgehead atoms. The number of pyridine rings is 1. The molecule has 1 amide bonds. The maximum atomic E-state index is 12.5. The van der Waals surface area contributed by atoms with E-state index in [4.69, 9.17) is 0 Å². The van der Waals surface area contributed by atoms with Crippen LogP contribution in [0.2, 0.25) is 0 Å². The molecule has 3 heteroatoms. The van der Waals surface area contributed by atoms with Crippen LogP contribution in [0.4, 0.5) is 5.69 Å². The normalized spacial score (nSPS) is 10.5. The zero-order valence-electron chi connectivity index (χ0n) is 15.2. The molecule has 26 heavy (non-hydrogen) atoms. The van der Waals surface area contributed by atoms with Crippen LogP contribution >= 0.6 is 0 Å². The second-order valence-electron chi connectivity index (χ2n) is 6.50. The molecule has 0 fully saturated rings. The van der Waals surface area contributed by atoms with Crippen LogP contribution in [0.15, 0.2) is 79.1 Å². The number of aromatic nitrogens is 1. The zero-order valence-corrected chi connectivity index (χ0v) is 15.2. The number of rotatable bonds is 7. The highest BCUT2D eigenvalue weighted by atomic mass is 16.1. The fourth-order valence-corrected chi connectivity index (χ4v) is 3.02. The van der Waals surface area contributed by atoms with Gasteiger partial charge in [-0.25, -0.2) is 0 Å². The Kier molecular flexibility index (Phi) is 6.15. The first-order valence-electron chi connectivity index (χ1n) is 9.14. The third kappa shape index (κ3) is 5.03. The summed E-state index contributed by atoms with van der Waals surface area (Å²) in [7, 11) is 0. The summed E-state index contributed by atoms with van der Waals surface area (Å²) < 4.78 is 1.91. The molecule has 0 spiro atoms. The lowest BCUT2D eigenvalue weighted by Gasteiger charge is -2.10. The standard InChI is InChI=1S/C23H24N2O/c1-2-8-19-13-15-25(16-14-19)18-23(26)24-22-12-7-6-11-21(22)17-20-9-4-3-5-10-20/h3-7,9-16H,2,8,17-18H2,1H3/p+1. The number of carbonyl (C=O) groups is 1. The second kappa shape index (κ2) is 8.95. The van der Waals surface area contributed by atoms with Gasteiger partial charge in [0, 0.05) is 17.8 Å². The van der Waals surface area contributed by atoms with Crippen LogP contribution in [0.25, 0.3) is 0 Å². The van der Waals surface area contributed by atoms with Crippen molar-refractivity contribution in [2.24, 2.45) is 0 Å². The van der Waals surface area contributed by atoms with Crippen molar-refractivity contribution in [3.63, 3.8) is 0 Å². The van der Waals surface area contributed by atoms with E-state index in [1.54, 1.807) is 0 Å². The minimum Gasteiger partial charge on any atom is -0.320 e. The lowest BCUT2D eigenvalue weighted by Crippen LogP contribution is -2.39. The van der Waals surface area contributed by atoms with Crippen molar-refractivity contribution < 1.29 is 9.36 Å². The van der Waals surface area contributed by atoms with E-state index in [2.05, 4.69) is 42.6 Å². The van der Waals surface area contributed by atoms with Gasteiger partial charge < -0.3 is 5.32 Å². The van der Waals surface area contributed by atoms with Gasteiger partial charge in [0.1, 0.15) is 0 Å². The number of nitrogens with zero attached hydrogens (tertiary/aromatic N) is 1. The molecule has 1 N–H and O–H groups in total. The topological polar surface area (TPSA) is 33.0 Å². The molecule has 0 saturated carbocycles. The fraction of sp³-hybridized carbons (Fsp3) is 0.217. The number of nitrogens with one attached hydrogen (secondary N) is 1. The first kappa shape index (κ1) is 17.9. The summed E-state index contributed by atoms with van der Waals surface area (Å²) in [5, 5.41) is 3.06. The van der Waals surface area contributed by atoms with Crippen molar-refractivity contribution >= 4 is 11.6 Å². The second-order valence-corrected chi connectivity index (χ2v) is 6.50. The van der Waals surface area contributed by atoms with Gasteiger partial charge in [-0.15, -0.1) is 0 Å². The molecule has 3 aromatic rings. The van der Waals surface area contributed by atoms with Crippen LogP contribution in [0, 0.1) is 0 Å². The minimum absolute atomic E-state index is 0.0150. The highest BCUT2D eigenvalue weighted by Crippen LogP contribution is 2.19. The molecule has 0 aliphatic carbocycles. The minimum atomic E-state index is -0.0150. The summed E-state index contributed by atoms with van der Waals surface area (Å²) in [5.41, 5.74) is 4.53. The molecular weight excluding hydrogens is 320 g/mol. The molecule has 1 heterocycles. The summed E-state index contributed by atoms with van der Waals surface area (Å²) in [6.07, 6.45) is 6.94. The van der Waals surface area contributed by atoms with Gasteiger partial charge in [-0.3, -0.25) is 4.79 Å². The first-order chi connectivity index (χ1) is 12.7. The number of para-hydroxylation sites is 1. The first-order valence-corrected chi connectivity index (χ1v) is 9.14. The van der Waals surface area contributed by atoms with Crippen molar-refractivity contribution in [1.29, 1.82) is 0 Å². The Labute approximate surface area is 155 Å². The number of hydrogen-bond donors (Lipinski definition) is 1. The molecule has 0 radical (unpaired) electrons. The summed E-state index contributed by atoms with van der Waals surface area (Å²) in [6.45, 7) is 2.48. The summed E-state index contributed by atoms with van der Waals surface area (Å²) in [6, 6.07) is 22.5. The quantitative estimate of drug-likeness (QED) is 0.641. The number of aryl methyl sites for hydroxylation is 1. The van der Waals surface area contributed by atoms with E-state index < -0.39 is 0 Å². The summed E-state index contributed by atoms with van der Waals surface area (Å²) in [4.78, 5) is 12.5. The smallest absolute Gasteiger partial charge is 0.290 e. The van der Waals surface area contributed by atoms with Crippen LogP contribution in [-0.2, 0) is 24.2 Å². The molecule has 0 saturated heterocycles. The van der Waals surface area contributed by atoms with E-state index in [0.717, 1.165) is 30.5 Å². The van der Waals surface area contributed by atoms with Gasteiger partial charge in [0.2, 0.25) is 6.54 Å². The van der Waals surface area contributed by atoms with Crippen LogP contribution in [-0.4, -0.2) is 5.91 Å². The number of benzene rings is 2. The molecule has 2 aromatic carbocycles. The van der Waals surface area contributed by atoms with Gasteiger partial charge in [0.15, 0.2) is 12.4 Å². The zero-order chi connectivity index (χ0) is 18.2. The average Bonchev–Trinajstić information content (AvgIpc) is 2.66. The Bertz CT molecular complexity index is 842. The van der Waals surface area contributed by atoms with Crippen molar-refractivity contribution in [2.75, 3.05) is 5.32 Å². The fourth-order valence-electron chi connectivity index (χ4n) is 3.02. The average molecular weight is 345 g/mol. The van der Waals surface area contributed by atoms with Gasteiger partial charge in [0.25, 0.3) is 5.91 Å². The van der Waals surface area contributed by atoms with E-state index in [1.165, 1.54) is 11.1 Å². The highest BCUT2D eigenvalue weighted by molar-refractivity contribution is 5.90. The Morgan fingerprint density at radius 2 is 1.58 bits per heavy atom. The van der Waals surface area contributed by atoms with Crippen LogP contribution in [0.3, 0.4) is 0 Å². The maximum Gasteiger partial charge on any atom is 0.290 e. The number of hydrogen-bond acceptors (Lipinski definition) is 1. The number of amides is 1. The third-order valence-electron chi connectivity index (χ3n) is 4.35. The van der Waals surface area contributed by atoms with Crippen LogP contribution < -0.4 is 9.88 Å². The predicted octanol–water partition coefficient (Wildman–Crippen LogP) is 4.16. The Morgan fingerprint density at radius 3 is 2.31 bits per heavy atom. The lowest BCUT2D eigenvalue weighted by atomic mass is 10.0. The number of anilines is 1. The molecule has 132 valence electrons.